The Kier molecular flexibility index (Phi) is 3.36. The first-order chi connectivity index (χ1) is 8.79. The Morgan fingerprint density at radius 1 is 1.26 bits per heavy atom. The van der Waals surface area contributed by atoms with Crippen molar-refractivity contribution in [1.29, 1.82) is 0 Å². The molecular weight excluding hydrogens is 281 g/mol. The number of alkyl halides is 3. The summed E-state index contributed by atoms with van der Waals surface area (Å²) >= 11 is 5.69. The molecule has 0 aliphatic carbocycles. The molecule has 0 N–H and O–H groups in total. The van der Waals surface area contributed by atoms with Gasteiger partial charge in [0.1, 0.15) is 0 Å². The molecule has 0 aliphatic rings. The third-order valence-electron chi connectivity index (χ3n) is 2.45. The Hall–Kier alpha value is -1.82. The minimum atomic E-state index is -4.67. The molecular formula is C12H8ClF3N2O. The van der Waals surface area contributed by atoms with Gasteiger partial charge < -0.3 is 0 Å². The SMILES string of the molecule is CC(=O)c1cn(-c2ccc(Cl)cc2)nc1C(F)(F)F. The summed E-state index contributed by atoms with van der Waals surface area (Å²) in [5.74, 6) is -0.687. The second-order valence-electron chi connectivity index (χ2n) is 3.87. The molecule has 0 aliphatic heterocycles. The maximum Gasteiger partial charge on any atom is 0.435 e. The largest absolute Gasteiger partial charge is 0.435 e. The molecule has 0 amide bonds. The molecule has 0 fully saturated rings. The number of aromatic nitrogens is 2. The van der Waals surface area contributed by atoms with E-state index in [-0.39, 0.29) is 0 Å². The van der Waals surface area contributed by atoms with E-state index in [2.05, 4.69) is 5.10 Å². The number of hydrogen-bond donors (Lipinski definition) is 0. The molecule has 3 nitrogen and oxygen atoms in total. The van der Waals surface area contributed by atoms with Crippen LogP contribution in [-0.2, 0) is 6.18 Å². The average molecular weight is 289 g/mol. The van der Waals surface area contributed by atoms with Crippen LogP contribution >= 0.6 is 11.6 Å². The molecule has 0 radical (unpaired) electrons. The van der Waals surface area contributed by atoms with Crippen LogP contribution in [0.2, 0.25) is 5.02 Å². The van der Waals surface area contributed by atoms with Crippen LogP contribution in [0.15, 0.2) is 30.5 Å². The van der Waals surface area contributed by atoms with Gasteiger partial charge >= 0.3 is 6.18 Å². The molecule has 100 valence electrons. The molecule has 0 atom stereocenters. The quantitative estimate of drug-likeness (QED) is 0.789. The van der Waals surface area contributed by atoms with Crippen molar-refractivity contribution in [3.8, 4) is 5.69 Å². The van der Waals surface area contributed by atoms with Crippen molar-refractivity contribution in [1.82, 2.24) is 9.78 Å². The van der Waals surface area contributed by atoms with Crippen LogP contribution in [0.3, 0.4) is 0 Å². The number of rotatable bonds is 2. The average Bonchev–Trinajstić information content (AvgIpc) is 2.74. The molecule has 0 saturated carbocycles. The normalized spacial score (nSPS) is 11.6. The van der Waals surface area contributed by atoms with E-state index in [4.69, 9.17) is 11.6 Å². The number of Topliss-reactive ketones (excluding diaryl/α,β-unsaturated/α-hetero) is 1. The number of nitrogens with zero attached hydrogens (tertiary/aromatic N) is 2. The smallest absolute Gasteiger partial charge is 0.294 e. The van der Waals surface area contributed by atoms with E-state index in [1.807, 2.05) is 0 Å². The van der Waals surface area contributed by atoms with Gasteiger partial charge in [0.15, 0.2) is 11.5 Å². The van der Waals surface area contributed by atoms with E-state index in [1.54, 1.807) is 0 Å². The second kappa shape index (κ2) is 4.70. The van der Waals surface area contributed by atoms with Crippen molar-refractivity contribution < 1.29 is 18.0 Å². The fraction of sp³-hybridized carbons (Fsp3) is 0.167. The Labute approximate surface area is 111 Å². The zero-order chi connectivity index (χ0) is 14.2. The van der Waals surface area contributed by atoms with Crippen LogP contribution in [0.5, 0.6) is 0 Å². The van der Waals surface area contributed by atoms with E-state index in [0.717, 1.165) is 17.8 Å². The molecule has 0 unspecified atom stereocenters. The Morgan fingerprint density at radius 3 is 2.26 bits per heavy atom. The summed E-state index contributed by atoms with van der Waals surface area (Å²) in [6.07, 6.45) is -3.60. The minimum absolute atomic E-state index is 0.391. The van der Waals surface area contributed by atoms with Crippen molar-refractivity contribution in [2.45, 2.75) is 13.1 Å². The van der Waals surface area contributed by atoms with Gasteiger partial charge in [0, 0.05) is 11.2 Å². The van der Waals surface area contributed by atoms with E-state index >= 15 is 0 Å². The lowest BCUT2D eigenvalue weighted by Crippen LogP contribution is -2.11. The number of halogens is 4. The Balaban J connectivity index is 2.55. The van der Waals surface area contributed by atoms with Crippen molar-refractivity contribution in [2.24, 2.45) is 0 Å². The summed E-state index contributed by atoms with van der Waals surface area (Å²) in [7, 11) is 0. The highest BCUT2D eigenvalue weighted by Gasteiger charge is 2.38. The highest BCUT2D eigenvalue weighted by Crippen LogP contribution is 2.31. The Morgan fingerprint density at radius 2 is 1.84 bits per heavy atom. The summed E-state index contributed by atoms with van der Waals surface area (Å²) in [6.45, 7) is 1.07. The highest BCUT2D eigenvalue weighted by atomic mass is 35.5. The molecule has 7 heteroatoms. The van der Waals surface area contributed by atoms with Gasteiger partial charge in [-0.3, -0.25) is 4.79 Å². The highest BCUT2D eigenvalue weighted by molar-refractivity contribution is 6.30. The first kappa shape index (κ1) is 13.6. The van der Waals surface area contributed by atoms with Crippen LogP contribution in [0.4, 0.5) is 13.2 Å². The topological polar surface area (TPSA) is 34.9 Å². The molecule has 1 aromatic heterocycles. The monoisotopic (exact) mass is 288 g/mol. The minimum Gasteiger partial charge on any atom is -0.294 e. The zero-order valence-corrected chi connectivity index (χ0v) is 10.5. The van der Waals surface area contributed by atoms with Gasteiger partial charge in [-0.15, -0.1) is 0 Å². The third kappa shape index (κ3) is 2.78. The first-order valence-corrected chi connectivity index (χ1v) is 5.60. The fourth-order valence-corrected chi connectivity index (χ4v) is 1.69. The van der Waals surface area contributed by atoms with Crippen LogP contribution < -0.4 is 0 Å². The van der Waals surface area contributed by atoms with E-state index in [0.29, 0.717) is 10.7 Å². The number of carbonyl (C=O) groups is 1. The van der Waals surface area contributed by atoms with Gasteiger partial charge in [-0.05, 0) is 31.2 Å². The summed E-state index contributed by atoms with van der Waals surface area (Å²) in [4.78, 5) is 11.2. The van der Waals surface area contributed by atoms with Gasteiger partial charge in [0.2, 0.25) is 0 Å². The van der Waals surface area contributed by atoms with Gasteiger partial charge in [-0.25, -0.2) is 4.68 Å². The maximum absolute atomic E-state index is 12.8. The number of benzene rings is 1. The lowest BCUT2D eigenvalue weighted by molar-refractivity contribution is -0.141. The molecule has 2 aromatic rings. The second-order valence-corrected chi connectivity index (χ2v) is 4.30. The lowest BCUT2D eigenvalue weighted by Gasteiger charge is -2.03. The van der Waals surface area contributed by atoms with Gasteiger partial charge in [-0.1, -0.05) is 11.6 Å². The number of carbonyl (C=O) groups excluding carboxylic acids is 1. The van der Waals surface area contributed by atoms with Crippen LogP contribution in [0.25, 0.3) is 5.69 Å². The predicted octanol–water partition coefficient (Wildman–Crippen LogP) is 3.75. The van der Waals surface area contributed by atoms with Crippen molar-refractivity contribution in [3.63, 3.8) is 0 Å². The molecule has 0 spiro atoms. The fourth-order valence-electron chi connectivity index (χ4n) is 1.57. The summed E-state index contributed by atoms with van der Waals surface area (Å²) in [5.41, 5.74) is -1.25. The Bertz CT molecular complexity index is 617. The number of ketones is 1. The molecule has 1 aromatic carbocycles. The van der Waals surface area contributed by atoms with E-state index in [1.165, 1.54) is 24.3 Å². The molecule has 2 rings (SSSR count). The molecule has 19 heavy (non-hydrogen) atoms. The summed E-state index contributed by atoms with van der Waals surface area (Å²) < 4.78 is 39.3. The van der Waals surface area contributed by atoms with Crippen molar-refractivity contribution in [2.75, 3.05) is 0 Å². The molecule has 1 heterocycles. The van der Waals surface area contributed by atoms with E-state index in [9.17, 15) is 18.0 Å². The van der Waals surface area contributed by atoms with Crippen LogP contribution in [-0.4, -0.2) is 15.6 Å². The van der Waals surface area contributed by atoms with Crippen molar-refractivity contribution >= 4 is 17.4 Å². The first-order valence-electron chi connectivity index (χ1n) is 5.23. The molecule has 0 bridgehead atoms. The van der Waals surface area contributed by atoms with E-state index < -0.39 is 23.2 Å². The standard InChI is InChI=1S/C12H8ClF3N2O/c1-7(19)10-6-18(17-11(10)12(14,15)16)9-4-2-8(13)3-5-9/h2-6H,1H3. The van der Waals surface area contributed by atoms with Gasteiger partial charge in [0.25, 0.3) is 0 Å². The van der Waals surface area contributed by atoms with Crippen molar-refractivity contribution in [3.05, 3.63) is 46.7 Å². The maximum atomic E-state index is 12.8. The van der Waals surface area contributed by atoms with Gasteiger partial charge in [-0.2, -0.15) is 18.3 Å². The zero-order valence-electron chi connectivity index (χ0n) is 9.70. The molecule has 0 saturated heterocycles. The van der Waals surface area contributed by atoms with Crippen LogP contribution in [0.1, 0.15) is 23.0 Å². The summed E-state index contributed by atoms with van der Waals surface area (Å²) in [6, 6.07) is 6.08. The predicted molar refractivity (Wildman–Crippen MR) is 63.6 cm³/mol. The lowest BCUT2D eigenvalue weighted by atomic mass is 10.2. The van der Waals surface area contributed by atoms with Crippen LogP contribution in [0, 0.1) is 0 Å². The third-order valence-corrected chi connectivity index (χ3v) is 2.71. The number of hydrogen-bond acceptors (Lipinski definition) is 2. The van der Waals surface area contributed by atoms with Gasteiger partial charge in [0.05, 0.1) is 11.3 Å². The summed E-state index contributed by atoms with van der Waals surface area (Å²) in [5, 5.41) is 3.89.